The Labute approximate surface area is 43.6 Å². The molecule has 7 heavy (non-hydrogen) atoms. The van der Waals surface area contributed by atoms with Crippen molar-refractivity contribution in [2.45, 2.75) is 12.8 Å². The van der Waals surface area contributed by atoms with E-state index >= 15 is 0 Å². The Balaban J connectivity index is 1.99. The first-order valence-corrected chi connectivity index (χ1v) is 2.82. The van der Waals surface area contributed by atoms with Gasteiger partial charge in [-0.1, -0.05) is 0 Å². The molecule has 0 spiro atoms. The zero-order chi connectivity index (χ0) is 4.85. The van der Waals surface area contributed by atoms with Gasteiger partial charge in [0.2, 0.25) is 0 Å². The van der Waals surface area contributed by atoms with E-state index in [9.17, 15) is 0 Å². The molecule has 2 aliphatic rings. The molecule has 0 aromatic carbocycles. The lowest BCUT2D eigenvalue weighted by Gasteiger charge is -1.89. The van der Waals surface area contributed by atoms with Crippen LogP contribution in [0.5, 0.6) is 0 Å². The first-order valence-electron chi connectivity index (χ1n) is 2.82. The van der Waals surface area contributed by atoms with Crippen LogP contribution in [0.4, 0.5) is 0 Å². The van der Waals surface area contributed by atoms with Crippen LogP contribution in [0, 0.1) is 5.92 Å². The third-order valence-electron chi connectivity index (χ3n) is 1.66. The molecule has 38 valence electrons. The first-order chi connectivity index (χ1) is 3.38. The fraction of sp³-hybridized carbons (Fsp3) is 0.667. The minimum atomic E-state index is 0.977. The van der Waals surface area contributed by atoms with Crippen molar-refractivity contribution in [1.82, 2.24) is 4.90 Å². The molecule has 0 radical (unpaired) electrons. The van der Waals surface area contributed by atoms with Gasteiger partial charge in [-0.05, 0) is 12.8 Å². The minimum Gasteiger partial charge on any atom is -0.351 e. The predicted octanol–water partition coefficient (Wildman–Crippen LogP) is 1.18. The summed E-state index contributed by atoms with van der Waals surface area (Å²) >= 11 is 0. The number of allylic oxidation sites excluding steroid dienone is 1. The van der Waals surface area contributed by atoms with Crippen molar-refractivity contribution < 1.29 is 0 Å². The summed E-state index contributed by atoms with van der Waals surface area (Å²) < 4.78 is 0. The van der Waals surface area contributed by atoms with Crippen LogP contribution in [0.3, 0.4) is 0 Å². The molecular formula is C6H9N. The highest BCUT2D eigenvalue weighted by Crippen LogP contribution is 2.43. The van der Waals surface area contributed by atoms with Crippen LogP contribution >= 0.6 is 0 Å². The second kappa shape index (κ2) is 0.857. The fourth-order valence-corrected chi connectivity index (χ4v) is 0.942. The molecule has 1 saturated carbocycles. The van der Waals surface area contributed by atoms with Crippen LogP contribution in [-0.2, 0) is 0 Å². The number of rotatable bonds is 1. The summed E-state index contributed by atoms with van der Waals surface area (Å²) in [4.78, 5) is 2.22. The van der Waals surface area contributed by atoms with Gasteiger partial charge < -0.3 is 4.90 Å². The van der Waals surface area contributed by atoms with Crippen LogP contribution in [-0.4, -0.2) is 11.9 Å². The molecule has 1 aliphatic carbocycles. The average Bonchev–Trinajstić information content (AvgIpc) is 2.23. The molecule has 0 aromatic heterocycles. The van der Waals surface area contributed by atoms with Gasteiger partial charge in [-0.3, -0.25) is 0 Å². The highest BCUT2D eigenvalue weighted by Gasteiger charge is 2.33. The molecule has 0 aromatic rings. The Morgan fingerprint density at radius 2 is 2.29 bits per heavy atom. The van der Waals surface area contributed by atoms with Gasteiger partial charge in [0.05, 0.1) is 0 Å². The quantitative estimate of drug-likeness (QED) is 0.472. The molecule has 0 atom stereocenters. The summed E-state index contributed by atoms with van der Waals surface area (Å²) in [6, 6.07) is 0. The number of nitrogens with zero attached hydrogens (tertiary/aromatic N) is 1. The summed E-state index contributed by atoms with van der Waals surface area (Å²) in [6.07, 6.45) is 5.10. The van der Waals surface area contributed by atoms with E-state index in [1.54, 1.807) is 5.70 Å². The summed E-state index contributed by atoms with van der Waals surface area (Å²) in [6.45, 7) is 0. The van der Waals surface area contributed by atoms with Gasteiger partial charge in [0.1, 0.15) is 0 Å². The molecule has 0 unspecified atom stereocenters. The van der Waals surface area contributed by atoms with E-state index < -0.39 is 0 Å². The van der Waals surface area contributed by atoms with Crippen LogP contribution in [0.1, 0.15) is 12.8 Å². The third kappa shape index (κ3) is 0.441. The Morgan fingerprint density at radius 3 is 2.43 bits per heavy atom. The number of hydrogen-bond acceptors (Lipinski definition) is 1. The zero-order valence-electron chi connectivity index (χ0n) is 4.52. The molecular weight excluding hydrogens is 86.1 g/mol. The molecule has 2 rings (SSSR count). The van der Waals surface area contributed by atoms with Crippen LogP contribution < -0.4 is 0 Å². The average molecular weight is 95.1 g/mol. The van der Waals surface area contributed by atoms with E-state index in [-0.39, 0.29) is 0 Å². The van der Waals surface area contributed by atoms with Crippen molar-refractivity contribution in [3.8, 4) is 0 Å². The van der Waals surface area contributed by atoms with Gasteiger partial charge in [0, 0.05) is 24.9 Å². The smallest absolute Gasteiger partial charge is 0.0367 e. The topological polar surface area (TPSA) is 3.01 Å². The van der Waals surface area contributed by atoms with Crippen molar-refractivity contribution in [3.63, 3.8) is 0 Å². The molecule has 1 nitrogen and oxygen atoms in total. The Hall–Kier alpha value is -0.460. The van der Waals surface area contributed by atoms with Crippen molar-refractivity contribution in [2.75, 3.05) is 7.05 Å². The maximum absolute atomic E-state index is 2.22. The normalized spacial score (nSPS) is 27.6. The first kappa shape index (κ1) is 3.53. The SMILES string of the molecule is CN1C=C1C1CC1. The molecule has 1 heterocycles. The summed E-state index contributed by atoms with van der Waals surface area (Å²) in [5.74, 6) is 0.977. The molecule has 0 saturated heterocycles. The zero-order valence-corrected chi connectivity index (χ0v) is 4.52. The lowest BCUT2D eigenvalue weighted by Crippen LogP contribution is -1.86. The summed E-state index contributed by atoms with van der Waals surface area (Å²) in [5.41, 5.74) is 1.58. The van der Waals surface area contributed by atoms with Gasteiger partial charge in [-0.2, -0.15) is 0 Å². The standard InChI is InChI=1S/C6H9N/c1-7-4-6(7)5-2-3-5/h4-5H,2-3H2,1H3. The lowest BCUT2D eigenvalue weighted by atomic mass is 10.4. The van der Waals surface area contributed by atoms with Crippen molar-refractivity contribution >= 4 is 0 Å². The van der Waals surface area contributed by atoms with E-state index in [0.29, 0.717) is 0 Å². The number of hydrogen-bond donors (Lipinski definition) is 0. The van der Waals surface area contributed by atoms with Gasteiger partial charge in [0.25, 0.3) is 0 Å². The van der Waals surface area contributed by atoms with Gasteiger partial charge in [-0.15, -0.1) is 0 Å². The minimum absolute atomic E-state index is 0.977. The Bertz CT molecular complexity index is 122. The van der Waals surface area contributed by atoms with E-state index in [0.717, 1.165) is 5.92 Å². The third-order valence-corrected chi connectivity index (χ3v) is 1.66. The van der Waals surface area contributed by atoms with E-state index in [4.69, 9.17) is 0 Å². The second-order valence-corrected chi connectivity index (χ2v) is 2.44. The maximum atomic E-state index is 2.22. The molecule has 0 amide bonds. The van der Waals surface area contributed by atoms with Crippen LogP contribution in [0.25, 0.3) is 0 Å². The highest BCUT2D eigenvalue weighted by atomic mass is 15.2. The van der Waals surface area contributed by atoms with Gasteiger partial charge in [-0.25, -0.2) is 0 Å². The van der Waals surface area contributed by atoms with Crippen LogP contribution in [0.15, 0.2) is 11.9 Å². The molecule has 1 aliphatic heterocycles. The summed E-state index contributed by atoms with van der Waals surface area (Å²) in [7, 11) is 2.12. The largest absolute Gasteiger partial charge is 0.351 e. The van der Waals surface area contributed by atoms with E-state index in [1.165, 1.54) is 12.8 Å². The second-order valence-electron chi connectivity index (χ2n) is 2.44. The van der Waals surface area contributed by atoms with Crippen molar-refractivity contribution in [3.05, 3.63) is 11.9 Å². The Kier molecular flexibility index (Phi) is 0.432. The van der Waals surface area contributed by atoms with Gasteiger partial charge >= 0.3 is 0 Å². The van der Waals surface area contributed by atoms with E-state index in [2.05, 4.69) is 18.1 Å². The lowest BCUT2D eigenvalue weighted by molar-refractivity contribution is 0.676. The molecule has 1 heteroatoms. The fourth-order valence-electron chi connectivity index (χ4n) is 0.942. The Morgan fingerprint density at radius 1 is 1.71 bits per heavy atom. The predicted molar refractivity (Wildman–Crippen MR) is 28.6 cm³/mol. The summed E-state index contributed by atoms with van der Waals surface area (Å²) in [5, 5.41) is 0. The maximum Gasteiger partial charge on any atom is 0.0367 e. The van der Waals surface area contributed by atoms with Crippen LogP contribution in [0.2, 0.25) is 0 Å². The highest BCUT2D eigenvalue weighted by molar-refractivity contribution is 5.24. The monoisotopic (exact) mass is 95.1 g/mol. The molecule has 1 fully saturated rings. The van der Waals surface area contributed by atoms with Crippen molar-refractivity contribution in [2.24, 2.45) is 5.92 Å². The molecule has 0 bridgehead atoms. The van der Waals surface area contributed by atoms with Gasteiger partial charge in [0.15, 0.2) is 0 Å². The molecule has 0 N–H and O–H groups in total. The van der Waals surface area contributed by atoms with E-state index in [1.807, 2.05) is 0 Å². The van der Waals surface area contributed by atoms with Crippen molar-refractivity contribution in [1.29, 1.82) is 0 Å².